The van der Waals surface area contributed by atoms with Gasteiger partial charge < -0.3 is 4.74 Å². The van der Waals surface area contributed by atoms with E-state index in [1.807, 2.05) is 37.3 Å². The van der Waals surface area contributed by atoms with Crippen LogP contribution in [0.25, 0.3) is 33.4 Å². The lowest BCUT2D eigenvalue weighted by atomic mass is 9.91. The zero-order valence-corrected chi connectivity index (χ0v) is 16.2. The third-order valence-electron chi connectivity index (χ3n) is 5.10. The average molecular weight is 383 g/mol. The molecule has 1 aliphatic carbocycles. The van der Waals surface area contributed by atoms with E-state index in [1.54, 1.807) is 11.3 Å². The maximum atomic E-state index is 9.90. The van der Waals surface area contributed by atoms with Crippen molar-refractivity contribution >= 4 is 22.4 Å². The first-order valence-electron chi connectivity index (χ1n) is 9.32. The van der Waals surface area contributed by atoms with Crippen LogP contribution in [0.3, 0.4) is 0 Å². The maximum Gasteiger partial charge on any atom is 0.234 e. The molecule has 1 aliphatic rings. The van der Waals surface area contributed by atoms with Crippen molar-refractivity contribution in [2.75, 3.05) is 6.61 Å². The fourth-order valence-corrected chi connectivity index (χ4v) is 4.75. The summed E-state index contributed by atoms with van der Waals surface area (Å²) in [5.41, 5.74) is 6.34. The van der Waals surface area contributed by atoms with Gasteiger partial charge in [-0.15, -0.1) is 11.3 Å². The predicted octanol–water partition coefficient (Wildman–Crippen LogP) is 5.39. The quantitative estimate of drug-likeness (QED) is 0.476. The van der Waals surface area contributed by atoms with Gasteiger partial charge in [0.05, 0.1) is 12.3 Å². The summed E-state index contributed by atoms with van der Waals surface area (Å²) in [6, 6.07) is 16.6. The number of benzene rings is 1. The Bertz CT molecular complexity index is 1240. The first kappa shape index (κ1) is 16.9. The number of thiophene rings is 1. The second-order valence-electron chi connectivity index (χ2n) is 6.70. The van der Waals surface area contributed by atoms with Gasteiger partial charge in [0.15, 0.2) is 5.65 Å². The van der Waals surface area contributed by atoms with Crippen LogP contribution >= 0.6 is 11.3 Å². The van der Waals surface area contributed by atoms with E-state index in [1.165, 1.54) is 16.0 Å². The van der Waals surface area contributed by atoms with Crippen molar-refractivity contribution < 1.29 is 4.74 Å². The zero-order valence-electron chi connectivity index (χ0n) is 15.4. The second-order valence-corrected chi connectivity index (χ2v) is 7.70. The van der Waals surface area contributed by atoms with Gasteiger partial charge in [0.25, 0.3) is 0 Å². The van der Waals surface area contributed by atoms with Crippen LogP contribution in [0.4, 0.5) is 0 Å². The molecule has 0 fully saturated rings. The lowest BCUT2D eigenvalue weighted by molar-refractivity contribution is 0.327. The van der Waals surface area contributed by atoms with Gasteiger partial charge in [0.2, 0.25) is 5.88 Å². The summed E-state index contributed by atoms with van der Waals surface area (Å²) in [5.74, 6) is 0.352. The standard InChI is InChI=1S/C23H17N3OS/c1-2-27-23-18(13-24)20(14-6-4-3-5-7-14)17-12-15-8-9-19-16(10-11-28-19)21(15)25-22(17)26-23/h3-7,10-12H,2,8-9H2,1H3. The molecule has 4 aromatic rings. The van der Waals surface area contributed by atoms with Crippen molar-refractivity contribution in [3.8, 4) is 34.3 Å². The Morgan fingerprint density at radius 3 is 2.79 bits per heavy atom. The van der Waals surface area contributed by atoms with Gasteiger partial charge in [-0.25, -0.2) is 4.98 Å². The molecule has 5 heteroatoms. The van der Waals surface area contributed by atoms with E-state index < -0.39 is 0 Å². The number of rotatable bonds is 3. The molecular weight excluding hydrogens is 366 g/mol. The fourth-order valence-electron chi connectivity index (χ4n) is 3.87. The molecule has 3 aromatic heterocycles. The Hall–Kier alpha value is -3.23. The number of fused-ring (bicyclic) bond motifs is 4. The summed E-state index contributed by atoms with van der Waals surface area (Å²) in [7, 11) is 0. The van der Waals surface area contributed by atoms with E-state index in [0.717, 1.165) is 35.0 Å². The minimum Gasteiger partial charge on any atom is -0.477 e. The highest BCUT2D eigenvalue weighted by Gasteiger charge is 2.24. The molecule has 0 amide bonds. The van der Waals surface area contributed by atoms with Crippen molar-refractivity contribution in [3.05, 3.63) is 63.8 Å². The van der Waals surface area contributed by atoms with Crippen LogP contribution in [0.15, 0.2) is 47.8 Å². The number of pyridine rings is 2. The van der Waals surface area contributed by atoms with E-state index in [-0.39, 0.29) is 0 Å². The van der Waals surface area contributed by atoms with Gasteiger partial charge in [0.1, 0.15) is 11.6 Å². The highest BCUT2D eigenvalue weighted by molar-refractivity contribution is 7.10. The van der Waals surface area contributed by atoms with Crippen LogP contribution in [0.2, 0.25) is 0 Å². The molecule has 0 radical (unpaired) electrons. The molecule has 0 aliphatic heterocycles. The lowest BCUT2D eigenvalue weighted by Crippen LogP contribution is -2.06. The number of nitriles is 1. The molecule has 0 saturated heterocycles. The van der Waals surface area contributed by atoms with Gasteiger partial charge >= 0.3 is 0 Å². The number of aryl methyl sites for hydroxylation is 2. The van der Waals surface area contributed by atoms with Crippen molar-refractivity contribution in [2.45, 2.75) is 19.8 Å². The molecule has 28 heavy (non-hydrogen) atoms. The molecule has 5 rings (SSSR count). The number of ether oxygens (including phenoxy) is 1. The molecule has 0 unspecified atom stereocenters. The Kier molecular flexibility index (Phi) is 4.07. The summed E-state index contributed by atoms with van der Waals surface area (Å²) < 4.78 is 5.73. The van der Waals surface area contributed by atoms with Crippen molar-refractivity contribution in [1.82, 2.24) is 9.97 Å². The van der Waals surface area contributed by atoms with Crippen LogP contribution < -0.4 is 4.74 Å². The van der Waals surface area contributed by atoms with Gasteiger partial charge in [-0.05, 0) is 48.4 Å². The Labute approximate surface area is 167 Å². The number of hydrogen-bond donors (Lipinski definition) is 0. The largest absolute Gasteiger partial charge is 0.477 e. The van der Waals surface area contributed by atoms with E-state index in [9.17, 15) is 5.26 Å². The normalized spacial score (nSPS) is 12.3. The second kappa shape index (κ2) is 6.74. The van der Waals surface area contributed by atoms with Crippen LogP contribution in [0.1, 0.15) is 22.9 Å². The van der Waals surface area contributed by atoms with Crippen LogP contribution in [0, 0.1) is 11.3 Å². The minimum atomic E-state index is 0.352. The zero-order chi connectivity index (χ0) is 19.1. The monoisotopic (exact) mass is 383 g/mol. The van der Waals surface area contributed by atoms with Crippen molar-refractivity contribution in [2.24, 2.45) is 0 Å². The molecule has 1 aromatic carbocycles. The van der Waals surface area contributed by atoms with Crippen LogP contribution in [-0.2, 0) is 12.8 Å². The SMILES string of the molecule is CCOc1nc2nc3c(cc2c(-c2ccccc2)c1C#N)CCc1sccc1-3. The third kappa shape index (κ3) is 2.57. The molecule has 0 saturated carbocycles. The first-order chi connectivity index (χ1) is 13.8. The Balaban J connectivity index is 1.87. The molecule has 136 valence electrons. The number of hydrogen-bond acceptors (Lipinski definition) is 5. The van der Waals surface area contributed by atoms with Gasteiger partial charge in [-0.1, -0.05) is 30.3 Å². The van der Waals surface area contributed by atoms with E-state index in [2.05, 4.69) is 28.6 Å². The molecule has 0 N–H and O–H groups in total. The highest BCUT2D eigenvalue weighted by atomic mass is 32.1. The van der Waals surface area contributed by atoms with E-state index in [0.29, 0.717) is 23.7 Å². The molecule has 4 nitrogen and oxygen atoms in total. The van der Waals surface area contributed by atoms with Gasteiger partial charge in [-0.3, -0.25) is 0 Å². The number of aromatic nitrogens is 2. The predicted molar refractivity (Wildman–Crippen MR) is 112 cm³/mol. The molecule has 3 heterocycles. The molecule has 0 atom stereocenters. The van der Waals surface area contributed by atoms with Crippen LogP contribution in [-0.4, -0.2) is 16.6 Å². The van der Waals surface area contributed by atoms with Crippen molar-refractivity contribution in [3.63, 3.8) is 0 Å². The Morgan fingerprint density at radius 2 is 2.00 bits per heavy atom. The third-order valence-corrected chi connectivity index (χ3v) is 6.08. The van der Waals surface area contributed by atoms with Gasteiger partial charge in [0, 0.05) is 21.4 Å². The smallest absolute Gasteiger partial charge is 0.234 e. The minimum absolute atomic E-state index is 0.352. The average Bonchev–Trinajstić information content (AvgIpc) is 3.22. The first-order valence-corrected chi connectivity index (χ1v) is 10.2. The van der Waals surface area contributed by atoms with Crippen molar-refractivity contribution in [1.29, 1.82) is 5.26 Å². The molecule has 0 spiro atoms. The van der Waals surface area contributed by atoms with E-state index >= 15 is 0 Å². The Morgan fingerprint density at radius 1 is 1.14 bits per heavy atom. The fraction of sp³-hybridized carbons (Fsp3) is 0.174. The van der Waals surface area contributed by atoms with Gasteiger partial charge in [-0.2, -0.15) is 10.2 Å². The summed E-state index contributed by atoms with van der Waals surface area (Å²) in [4.78, 5) is 11.0. The molecular formula is C23H17N3OS. The van der Waals surface area contributed by atoms with E-state index in [4.69, 9.17) is 9.72 Å². The highest BCUT2D eigenvalue weighted by Crippen LogP contribution is 2.40. The summed E-state index contributed by atoms with van der Waals surface area (Å²) in [5, 5.41) is 12.9. The summed E-state index contributed by atoms with van der Waals surface area (Å²) in [6.45, 7) is 2.34. The van der Waals surface area contributed by atoms with Crippen LogP contribution in [0.5, 0.6) is 5.88 Å². The summed E-state index contributed by atoms with van der Waals surface area (Å²) in [6.07, 6.45) is 1.98. The lowest BCUT2D eigenvalue weighted by Gasteiger charge is -2.18. The summed E-state index contributed by atoms with van der Waals surface area (Å²) >= 11 is 1.78. The maximum absolute atomic E-state index is 9.90. The molecule has 0 bridgehead atoms. The topological polar surface area (TPSA) is 58.8 Å². The number of nitrogens with zero attached hydrogens (tertiary/aromatic N) is 3.